The molecule has 0 spiro atoms. The van der Waals surface area contributed by atoms with Gasteiger partial charge in [0.05, 0.1) is 19.1 Å². The van der Waals surface area contributed by atoms with E-state index in [0.29, 0.717) is 17.1 Å². The van der Waals surface area contributed by atoms with Gasteiger partial charge >= 0.3 is 0 Å². The maximum atomic E-state index is 13.1. The van der Waals surface area contributed by atoms with Crippen molar-refractivity contribution in [2.75, 3.05) is 32.2 Å². The summed E-state index contributed by atoms with van der Waals surface area (Å²) >= 11 is 0. The molecule has 0 aliphatic heterocycles. The average molecular weight is 536 g/mol. The van der Waals surface area contributed by atoms with Gasteiger partial charge in [0, 0.05) is 19.5 Å². The fourth-order valence-corrected chi connectivity index (χ4v) is 3.95. The lowest BCUT2D eigenvalue weighted by atomic mass is 10.2. The number of anilines is 1. The summed E-state index contributed by atoms with van der Waals surface area (Å²) in [5, 5.41) is 1.03. The molecule has 4 rings (SSSR count). The van der Waals surface area contributed by atoms with E-state index in [1.165, 1.54) is 32.7 Å². The highest BCUT2D eigenvalue weighted by Gasteiger charge is 2.24. The molecule has 2 aromatic carbocycles. The highest BCUT2D eigenvalue weighted by molar-refractivity contribution is 7.95. The Morgan fingerprint density at radius 3 is 2.26 bits per heavy atom. The van der Waals surface area contributed by atoms with Crippen molar-refractivity contribution in [1.29, 1.82) is 0 Å². The van der Waals surface area contributed by atoms with Crippen molar-refractivity contribution in [3.63, 3.8) is 0 Å². The first-order valence-electron chi connectivity index (χ1n) is 11.4. The van der Waals surface area contributed by atoms with E-state index in [9.17, 15) is 8.42 Å². The lowest BCUT2D eigenvalue weighted by Gasteiger charge is -2.17. The molecule has 38 heavy (non-hydrogen) atoms. The van der Waals surface area contributed by atoms with E-state index in [4.69, 9.17) is 18.9 Å². The van der Waals surface area contributed by atoms with Gasteiger partial charge in [0.25, 0.3) is 15.9 Å². The summed E-state index contributed by atoms with van der Waals surface area (Å²) in [5.74, 6) is 0.571. The van der Waals surface area contributed by atoms with E-state index >= 15 is 0 Å². The molecule has 0 radical (unpaired) electrons. The number of rotatable bonds is 12. The molecule has 0 atom stereocenters. The van der Waals surface area contributed by atoms with Crippen LogP contribution in [0.25, 0.3) is 17.7 Å². The first-order chi connectivity index (χ1) is 18.5. The van der Waals surface area contributed by atoms with Crippen LogP contribution in [0.3, 0.4) is 0 Å². The Balaban J connectivity index is 1.81. The summed E-state index contributed by atoms with van der Waals surface area (Å²) in [6.07, 6.45) is 4.49. The summed E-state index contributed by atoms with van der Waals surface area (Å²) in [6, 6.07) is 17.5. The topological polar surface area (TPSA) is 135 Å². The van der Waals surface area contributed by atoms with Crippen LogP contribution in [0.1, 0.15) is 5.56 Å². The van der Waals surface area contributed by atoms with Crippen LogP contribution in [-0.4, -0.2) is 55.8 Å². The van der Waals surface area contributed by atoms with Crippen molar-refractivity contribution >= 4 is 21.9 Å². The largest absolute Gasteiger partial charge is 0.493 e. The van der Waals surface area contributed by atoms with Gasteiger partial charge in [0.2, 0.25) is 11.6 Å². The number of nitrogens with zero attached hydrogens (tertiary/aromatic N) is 4. The molecule has 12 heteroatoms. The van der Waals surface area contributed by atoms with Crippen molar-refractivity contribution in [3.05, 3.63) is 84.0 Å². The minimum absolute atomic E-state index is 0.0233. The fraction of sp³-hybridized carbons (Fsp3) is 0.154. The van der Waals surface area contributed by atoms with E-state index in [1.807, 2.05) is 6.07 Å². The monoisotopic (exact) mass is 535 g/mol. The smallest absolute Gasteiger partial charge is 0.263 e. The summed E-state index contributed by atoms with van der Waals surface area (Å²) < 4.78 is 51.0. The maximum absolute atomic E-state index is 13.1. The summed E-state index contributed by atoms with van der Waals surface area (Å²) in [6.45, 7) is 0.348. The normalized spacial score (nSPS) is 11.3. The Morgan fingerprint density at radius 1 is 0.842 bits per heavy atom. The minimum Gasteiger partial charge on any atom is -0.493 e. The Hall–Kier alpha value is -4.55. The second-order valence-corrected chi connectivity index (χ2v) is 9.12. The zero-order chi connectivity index (χ0) is 26.8. The molecule has 0 saturated heterocycles. The summed E-state index contributed by atoms with van der Waals surface area (Å²) in [7, 11) is -1.04. The molecule has 0 aliphatic rings. The van der Waals surface area contributed by atoms with Gasteiger partial charge in [-0.05, 0) is 29.8 Å². The highest BCUT2D eigenvalue weighted by Crippen LogP contribution is 2.41. The van der Waals surface area contributed by atoms with Crippen molar-refractivity contribution in [1.82, 2.24) is 19.9 Å². The lowest BCUT2D eigenvalue weighted by molar-refractivity contribution is 0.142. The number of nitrogens with one attached hydrogen (secondary N) is 1. The molecule has 0 fully saturated rings. The lowest BCUT2D eigenvalue weighted by Crippen LogP contribution is -2.14. The molecule has 2 heterocycles. The van der Waals surface area contributed by atoms with Gasteiger partial charge in [0.1, 0.15) is 6.61 Å². The van der Waals surface area contributed by atoms with E-state index in [2.05, 4.69) is 24.7 Å². The van der Waals surface area contributed by atoms with Crippen LogP contribution in [0.4, 0.5) is 5.82 Å². The molecular weight excluding hydrogens is 510 g/mol. The Bertz CT molecular complexity index is 1490. The first-order valence-corrected chi connectivity index (χ1v) is 12.9. The van der Waals surface area contributed by atoms with Gasteiger partial charge in [-0.15, -0.1) is 0 Å². The zero-order valence-corrected chi connectivity index (χ0v) is 21.5. The number of hydrogen-bond acceptors (Lipinski definition) is 10. The quantitative estimate of drug-likeness (QED) is 0.263. The van der Waals surface area contributed by atoms with Gasteiger partial charge in [0.15, 0.2) is 23.1 Å². The van der Waals surface area contributed by atoms with Gasteiger partial charge in [-0.25, -0.2) is 23.4 Å². The maximum Gasteiger partial charge on any atom is 0.263 e. The molecule has 196 valence electrons. The van der Waals surface area contributed by atoms with E-state index in [1.54, 1.807) is 54.6 Å². The molecular formula is C26H25N5O6S. The number of hydrogen-bond donors (Lipinski definition) is 1. The first kappa shape index (κ1) is 26.5. The molecule has 0 unspecified atom stereocenters. The number of para-hydroxylation sites is 2. The van der Waals surface area contributed by atoms with Crippen molar-refractivity contribution < 1.29 is 27.4 Å². The van der Waals surface area contributed by atoms with Crippen LogP contribution < -0.4 is 18.9 Å². The second kappa shape index (κ2) is 12.6. The molecule has 1 N–H and O–H groups in total. The van der Waals surface area contributed by atoms with Crippen LogP contribution in [0.15, 0.2) is 78.5 Å². The van der Waals surface area contributed by atoms with Crippen molar-refractivity contribution in [3.8, 4) is 34.8 Å². The standard InChI is InChI=1S/C26H25N5O6S/c1-34-16-17-36-26-22(37-21-12-7-6-11-20(21)35-2)23(29-25(30-26)24-27-14-8-15-28-24)31-38(32,33)18-13-19-9-4-3-5-10-19/h3-15,18H,16-17H2,1-2H3,(H,29,30,31). The van der Waals surface area contributed by atoms with Gasteiger partial charge in [-0.2, -0.15) is 4.98 Å². The number of ether oxygens (including phenoxy) is 4. The van der Waals surface area contributed by atoms with E-state index in [-0.39, 0.29) is 42.3 Å². The number of sulfonamides is 1. The molecule has 4 aromatic rings. The predicted octanol–water partition coefficient (Wildman–Crippen LogP) is 4.17. The predicted molar refractivity (Wildman–Crippen MR) is 142 cm³/mol. The molecule has 0 aliphatic carbocycles. The van der Waals surface area contributed by atoms with E-state index in [0.717, 1.165) is 5.41 Å². The minimum atomic E-state index is -4.06. The van der Waals surface area contributed by atoms with Crippen LogP contribution >= 0.6 is 0 Å². The van der Waals surface area contributed by atoms with E-state index < -0.39 is 10.0 Å². The number of benzene rings is 2. The number of aromatic nitrogens is 4. The highest BCUT2D eigenvalue weighted by atomic mass is 32.2. The summed E-state index contributed by atoms with van der Waals surface area (Å²) in [4.78, 5) is 17.2. The summed E-state index contributed by atoms with van der Waals surface area (Å²) in [5.41, 5.74) is 0.702. The average Bonchev–Trinajstić information content (AvgIpc) is 2.94. The Labute approximate surface area is 220 Å². The Morgan fingerprint density at radius 2 is 1.55 bits per heavy atom. The Kier molecular flexibility index (Phi) is 8.80. The third-order valence-corrected chi connectivity index (χ3v) is 5.86. The SMILES string of the molecule is COCCOc1nc(-c2ncccn2)nc(NS(=O)(=O)C=Cc2ccccc2)c1Oc1ccccc1OC. The second-order valence-electron chi connectivity index (χ2n) is 7.56. The van der Waals surface area contributed by atoms with Gasteiger partial charge in [-0.3, -0.25) is 4.72 Å². The van der Waals surface area contributed by atoms with Crippen LogP contribution in [0.2, 0.25) is 0 Å². The third kappa shape index (κ3) is 7.02. The molecule has 2 aromatic heterocycles. The van der Waals surface area contributed by atoms with Crippen molar-refractivity contribution in [2.24, 2.45) is 0 Å². The van der Waals surface area contributed by atoms with Gasteiger partial charge in [-0.1, -0.05) is 42.5 Å². The van der Waals surface area contributed by atoms with Gasteiger partial charge < -0.3 is 18.9 Å². The van der Waals surface area contributed by atoms with Crippen molar-refractivity contribution in [2.45, 2.75) is 0 Å². The fourth-order valence-electron chi connectivity index (χ4n) is 3.14. The third-order valence-electron chi connectivity index (χ3n) is 4.89. The van der Waals surface area contributed by atoms with Crippen LogP contribution in [0.5, 0.6) is 23.1 Å². The van der Waals surface area contributed by atoms with Crippen LogP contribution in [0, 0.1) is 0 Å². The van der Waals surface area contributed by atoms with Crippen LogP contribution in [-0.2, 0) is 14.8 Å². The number of methoxy groups -OCH3 is 2. The molecule has 0 amide bonds. The molecule has 11 nitrogen and oxygen atoms in total. The molecule has 0 saturated carbocycles. The molecule has 0 bridgehead atoms. The zero-order valence-electron chi connectivity index (χ0n) is 20.6.